The monoisotopic (exact) mass is 380 g/mol. The first kappa shape index (κ1) is 15.7. The van der Waals surface area contributed by atoms with Gasteiger partial charge in [-0.2, -0.15) is 17.2 Å². The average molecular weight is 379 g/mol. The molecule has 16 heavy (non-hydrogen) atoms. The van der Waals surface area contributed by atoms with Crippen molar-refractivity contribution in [1.82, 2.24) is 0 Å². The van der Waals surface area contributed by atoms with Crippen molar-refractivity contribution in [1.29, 1.82) is 0 Å². The number of rotatable bonds is 0. The van der Waals surface area contributed by atoms with E-state index in [0.29, 0.717) is 5.92 Å². The van der Waals surface area contributed by atoms with Gasteiger partial charge in [0.15, 0.2) is 0 Å². The average Bonchev–Trinajstić information content (AvgIpc) is 2.93. The molecular formula is C15H20Hf. The van der Waals surface area contributed by atoms with Gasteiger partial charge in [-0.3, -0.25) is 12.2 Å². The first-order valence-electron chi connectivity index (χ1n) is 5.48. The van der Waals surface area contributed by atoms with Crippen molar-refractivity contribution in [2.75, 3.05) is 0 Å². The van der Waals surface area contributed by atoms with E-state index >= 15 is 0 Å². The van der Waals surface area contributed by atoms with Crippen LogP contribution in [0.2, 0.25) is 0 Å². The minimum absolute atomic E-state index is 0.560. The predicted molar refractivity (Wildman–Crippen MR) is 68.7 cm³/mol. The molecule has 0 amide bonds. The molecule has 84 valence electrons. The molecule has 0 heterocycles. The summed E-state index contributed by atoms with van der Waals surface area (Å²) in [6.07, 6.45) is 13.4. The van der Waals surface area contributed by atoms with Crippen LogP contribution in [0.25, 0.3) is 0 Å². The zero-order valence-electron chi connectivity index (χ0n) is 10.7. The van der Waals surface area contributed by atoms with Gasteiger partial charge >= 0.3 is 28.2 Å². The summed E-state index contributed by atoms with van der Waals surface area (Å²) >= 11 is 1.06. The molecule has 0 radical (unpaired) electrons. The van der Waals surface area contributed by atoms with Crippen molar-refractivity contribution in [3.05, 3.63) is 47.1 Å². The van der Waals surface area contributed by atoms with Crippen molar-refractivity contribution in [2.24, 2.45) is 5.92 Å². The molecule has 1 atom stereocenters. The SMILES string of the molecule is CC1=[C-]C(C)C(C)=C1C.[C-]1=CC=CC1.[CH2]=[Hf+2]. The normalized spacial score (nSPS) is 21.1. The van der Waals surface area contributed by atoms with Gasteiger partial charge in [-0.25, -0.2) is 17.7 Å². The van der Waals surface area contributed by atoms with Gasteiger partial charge in [0.2, 0.25) is 0 Å². The summed E-state index contributed by atoms with van der Waals surface area (Å²) in [5.74, 6) is 0.560. The van der Waals surface area contributed by atoms with E-state index in [-0.39, 0.29) is 0 Å². The zero-order valence-corrected chi connectivity index (χ0v) is 14.3. The third kappa shape index (κ3) is 5.16. The Hall–Kier alpha value is -0.300. The van der Waals surface area contributed by atoms with Gasteiger partial charge in [0.1, 0.15) is 0 Å². The van der Waals surface area contributed by atoms with E-state index in [4.69, 9.17) is 0 Å². The first-order chi connectivity index (χ1) is 7.63. The summed E-state index contributed by atoms with van der Waals surface area (Å²) in [5, 5.41) is 0. The van der Waals surface area contributed by atoms with Crippen molar-refractivity contribution in [3.63, 3.8) is 0 Å². The molecule has 0 saturated heterocycles. The third-order valence-electron chi connectivity index (χ3n) is 2.82. The quantitative estimate of drug-likeness (QED) is 0.441. The standard InChI is InChI=1S/C9H13.C5H5.CH2.Hf/c1-6-5-7(2)9(4)8(6)3;1-2-4-5-3-1;;/h6H,1-4H3;1-3H,4H2;1H2;/q2*-1;;+2. The molecule has 0 bridgehead atoms. The van der Waals surface area contributed by atoms with Crippen LogP contribution in [0.3, 0.4) is 0 Å². The van der Waals surface area contributed by atoms with Crippen LogP contribution < -0.4 is 0 Å². The van der Waals surface area contributed by atoms with Gasteiger partial charge in [-0.05, 0) is 0 Å². The molecule has 0 aromatic heterocycles. The number of allylic oxidation sites excluding steroid dienone is 8. The molecule has 0 aromatic rings. The van der Waals surface area contributed by atoms with Crippen molar-refractivity contribution >= 4 is 4.26 Å². The second-order valence-corrected chi connectivity index (χ2v) is 3.80. The molecule has 0 aliphatic heterocycles. The Balaban J connectivity index is 0.000000272. The van der Waals surface area contributed by atoms with E-state index in [2.05, 4.69) is 50.2 Å². The van der Waals surface area contributed by atoms with Crippen molar-refractivity contribution < 1.29 is 23.9 Å². The minimum atomic E-state index is 0.560. The van der Waals surface area contributed by atoms with E-state index in [0.717, 1.165) is 30.3 Å². The molecule has 0 nitrogen and oxygen atoms in total. The van der Waals surface area contributed by atoms with Crippen molar-refractivity contribution in [2.45, 2.75) is 34.1 Å². The van der Waals surface area contributed by atoms with Crippen LogP contribution in [0.4, 0.5) is 0 Å². The fourth-order valence-corrected chi connectivity index (χ4v) is 1.50. The Morgan fingerprint density at radius 3 is 2.06 bits per heavy atom. The summed E-state index contributed by atoms with van der Waals surface area (Å²) in [6.45, 7) is 8.67. The van der Waals surface area contributed by atoms with Gasteiger partial charge in [-0.15, -0.1) is 13.3 Å². The fraction of sp³-hybridized carbons (Fsp3) is 0.400. The molecule has 1 heteroatoms. The molecule has 2 aliphatic carbocycles. The molecule has 0 saturated carbocycles. The van der Waals surface area contributed by atoms with Crippen LogP contribution >= 0.6 is 0 Å². The summed E-state index contributed by atoms with van der Waals surface area (Å²) in [7, 11) is 0. The molecule has 0 fully saturated rings. The van der Waals surface area contributed by atoms with E-state index in [1.807, 2.05) is 12.2 Å². The van der Waals surface area contributed by atoms with Gasteiger partial charge in [0.05, 0.1) is 0 Å². The van der Waals surface area contributed by atoms with E-state index in [1.54, 1.807) is 0 Å². The van der Waals surface area contributed by atoms with Crippen LogP contribution in [-0.4, -0.2) is 4.26 Å². The Bertz CT molecular complexity index is 319. The van der Waals surface area contributed by atoms with Gasteiger partial charge in [0.25, 0.3) is 0 Å². The van der Waals surface area contributed by atoms with E-state index in [1.165, 1.54) is 16.7 Å². The fourth-order valence-electron chi connectivity index (χ4n) is 1.50. The van der Waals surface area contributed by atoms with Crippen LogP contribution in [-0.2, 0) is 23.9 Å². The number of hydrogen-bond donors (Lipinski definition) is 0. The van der Waals surface area contributed by atoms with Crippen LogP contribution in [0.15, 0.2) is 34.9 Å². The zero-order chi connectivity index (χ0) is 12.6. The van der Waals surface area contributed by atoms with E-state index < -0.39 is 0 Å². The summed E-state index contributed by atoms with van der Waals surface area (Å²) < 4.78 is 3.39. The molecular weight excluding hydrogens is 359 g/mol. The second kappa shape index (κ2) is 8.81. The van der Waals surface area contributed by atoms with Gasteiger partial charge < -0.3 is 0 Å². The summed E-state index contributed by atoms with van der Waals surface area (Å²) in [5.41, 5.74) is 4.25. The summed E-state index contributed by atoms with van der Waals surface area (Å²) in [6, 6.07) is 0. The van der Waals surface area contributed by atoms with E-state index in [9.17, 15) is 0 Å². The van der Waals surface area contributed by atoms with Gasteiger partial charge in [0, 0.05) is 0 Å². The first-order valence-corrected chi connectivity index (χ1v) is 8.02. The molecule has 0 N–H and O–H groups in total. The molecule has 0 spiro atoms. The van der Waals surface area contributed by atoms with Crippen LogP contribution in [0.1, 0.15) is 34.1 Å². The maximum absolute atomic E-state index is 3.39. The molecule has 1 unspecified atom stereocenters. The molecule has 2 rings (SSSR count). The Labute approximate surface area is 115 Å². The van der Waals surface area contributed by atoms with Gasteiger partial charge in [-0.1, -0.05) is 26.7 Å². The van der Waals surface area contributed by atoms with Crippen molar-refractivity contribution in [3.8, 4) is 0 Å². The maximum atomic E-state index is 3.39. The van der Waals surface area contributed by atoms with Crippen LogP contribution in [0.5, 0.6) is 0 Å². The van der Waals surface area contributed by atoms with Crippen LogP contribution in [0, 0.1) is 18.1 Å². The predicted octanol–water partition coefficient (Wildman–Crippen LogP) is 3.99. The molecule has 0 aromatic carbocycles. The number of hydrogen-bond acceptors (Lipinski definition) is 0. The second-order valence-electron chi connectivity index (χ2n) is 3.80. The topological polar surface area (TPSA) is 0 Å². The third-order valence-corrected chi connectivity index (χ3v) is 2.82. The summed E-state index contributed by atoms with van der Waals surface area (Å²) in [4.78, 5) is 0. The Kier molecular flexibility index (Phi) is 8.64. The Morgan fingerprint density at radius 1 is 1.31 bits per heavy atom. The Morgan fingerprint density at radius 2 is 1.94 bits per heavy atom. The molecule has 2 aliphatic rings.